The molecule has 0 spiro atoms. The predicted octanol–water partition coefficient (Wildman–Crippen LogP) is 2.86. The highest BCUT2D eigenvalue weighted by Gasteiger charge is 2.08. The molecule has 0 heterocycles. The molecule has 1 aromatic rings. The maximum Gasteiger partial charge on any atom is 0.0642 e. The molecular formula is C12H19ClN2. The standard InChI is InChI=1S/C12H19ClN2/c1-9(6-7-14)10-4-5-12(15(2)3)11(13)8-10/h4-5,8-9H,6-7,14H2,1-3H3. The average molecular weight is 227 g/mol. The Kier molecular flexibility index (Phi) is 4.43. The Labute approximate surface area is 97.0 Å². The third-order valence-electron chi connectivity index (χ3n) is 2.62. The van der Waals surface area contributed by atoms with E-state index < -0.39 is 0 Å². The van der Waals surface area contributed by atoms with Crippen LogP contribution in [0.1, 0.15) is 24.8 Å². The smallest absolute Gasteiger partial charge is 0.0642 e. The number of hydrogen-bond acceptors (Lipinski definition) is 2. The minimum absolute atomic E-state index is 0.476. The molecule has 2 N–H and O–H groups in total. The third-order valence-corrected chi connectivity index (χ3v) is 2.92. The van der Waals surface area contributed by atoms with E-state index in [9.17, 15) is 0 Å². The van der Waals surface area contributed by atoms with Gasteiger partial charge in [0.15, 0.2) is 0 Å². The van der Waals surface area contributed by atoms with E-state index in [-0.39, 0.29) is 0 Å². The molecule has 1 aromatic carbocycles. The minimum atomic E-state index is 0.476. The summed E-state index contributed by atoms with van der Waals surface area (Å²) in [5, 5.41) is 0.807. The average Bonchev–Trinajstić information content (AvgIpc) is 2.17. The third kappa shape index (κ3) is 3.11. The molecule has 0 radical (unpaired) electrons. The maximum absolute atomic E-state index is 6.20. The lowest BCUT2D eigenvalue weighted by atomic mass is 9.97. The number of anilines is 1. The zero-order valence-electron chi connectivity index (χ0n) is 9.63. The molecule has 0 aromatic heterocycles. The lowest BCUT2D eigenvalue weighted by molar-refractivity contribution is 0.690. The summed E-state index contributed by atoms with van der Waals surface area (Å²) in [5.41, 5.74) is 7.86. The van der Waals surface area contributed by atoms with Crippen LogP contribution in [0.5, 0.6) is 0 Å². The molecular weight excluding hydrogens is 208 g/mol. The second-order valence-electron chi connectivity index (χ2n) is 4.08. The van der Waals surface area contributed by atoms with Gasteiger partial charge >= 0.3 is 0 Å². The highest BCUT2D eigenvalue weighted by atomic mass is 35.5. The number of nitrogens with zero attached hydrogens (tertiary/aromatic N) is 1. The number of nitrogens with two attached hydrogens (primary N) is 1. The van der Waals surface area contributed by atoms with Crippen molar-refractivity contribution in [3.8, 4) is 0 Å². The summed E-state index contributed by atoms with van der Waals surface area (Å²) in [7, 11) is 3.98. The number of benzene rings is 1. The van der Waals surface area contributed by atoms with Gasteiger partial charge in [0.25, 0.3) is 0 Å². The van der Waals surface area contributed by atoms with Crippen molar-refractivity contribution in [1.29, 1.82) is 0 Å². The van der Waals surface area contributed by atoms with E-state index in [0.29, 0.717) is 12.5 Å². The number of halogens is 1. The van der Waals surface area contributed by atoms with E-state index in [4.69, 9.17) is 17.3 Å². The van der Waals surface area contributed by atoms with Gasteiger partial charge in [0, 0.05) is 14.1 Å². The molecule has 0 saturated carbocycles. The van der Waals surface area contributed by atoms with Gasteiger partial charge in [-0.05, 0) is 36.6 Å². The quantitative estimate of drug-likeness (QED) is 0.856. The Morgan fingerprint density at radius 3 is 2.53 bits per heavy atom. The van der Waals surface area contributed by atoms with E-state index in [2.05, 4.69) is 19.1 Å². The zero-order valence-corrected chi connectivity index (χ0v) is 10.4. The second-order valence-corrected chi connectivity index (χ2v) is 4.49. The topological polar surface area (TPSA) is 29.3 Å². The van der Waals surface area contributed by atoms with Crippen molar-refractivity contribution < 1.29 is 0 Å². The van der Waals surface area contributed by atoms with Crippen molar-refractivity contribution in [3.05, 3.63) is 28.8 Å². The fraction of sp³-hybridized carbons (Fsp3) is 0.500. The summed E-state index contributed by atoms with van der Waals surface area (Å²) >= 11 is 6.20. The highest BCUT2D eigenvalue weighted by Crippen LogP contribution is 2.29. The molecule has 0 amide bonds. The van der Waals surface area contributed by atoms with E-state index in [1.54, 1.807) is 0 Å². The second kappa shape index (κ2) is 5.38. The first-order chi connectivity index (χ1) is 7.06. The first-order valence-electron chi connectivity index (χ1n) is 5.23. The van der Waals surface area contributed by atoms with Gasteiger partial charge in [-0.15, -0.1) is 0 Å². The first kappa shape index (κ1) is 12.3. The molecule has 3 heteroatoms. The Morgan fingerprint density at radius 1 is 1.40 bits per heavy atom. The fourth-order valence-corrected chi connectivity index (χ4v) is 1.97. The van der Waals surface area contributed by atoms with E-state index >= 15 is 0 Å². The van der Waals surface area contributed by atoms with Crippen LogP contribution in [-0.2, 0) is 0 Å². The normalized spacial score (nSPS) is 12.6. The molecule has 2 nitrogen and oxygen atoms in total. The summed E-state index contributed by atoms with van der Waals surface area (Å²) in [6.07, 6.45) is 0.998. The Balaban J connectivity index is 2.91. The maximum atomic E-state index is 6.20. The first-order valence-corrected chi connectivity index (χ1v) is 5.61. The van der Waals surface area contributed by atoms with Crippen LogP contribution in [-0.4, -0.2) is 20.6 Å². The van der Waals surface area contributed by atoms with Crippen molar-refractivity contribution in [1.82, 2.24) is 0 Å². The van der Waals surface area contributed by atoms with Crippen molar-refractivity contribution >= 4 is 17.3 Å². The molecule has 1 unspecified atom stereocenters. The zero-order chi connectivity index (χ0) is 11.4. The van der Waals surface area contributed by atoms with E-state index in [1.165, 1.54) is 5.56 Å². The molecule has 0 saturated heterocycles. The number of hydrogen-bond donors (Lipinski definition) is 1. The molecule has 0 aliphatic heterocycles. The largest absolute Gasteiger partial charge is 0.376 e. The Bertz CT molecular complexity index is 323. The van der Waals surface area contributed by atoms with Gasteiger partial charge in [0.2, 0.25) is 0 Å². The predicted molar refractivity (Wildman–Crippen MR) is 67.9 cm³/mol. The SMILES string of the molecule is CC(CCN)c1ccc(N(C)C)c(Cl)c1. The molecule has 1 rings (SSSR count). The Morgan fingerprint density at radius 2 is 2.07 bits per heavy atom. The molecule has 84 valence electrons. The summed E-state index contributed by atoms with van der Waals surface area (Å²) in [6.45, 7) is 2.89. The summed E-state index contributed by atoms with van der Waals surface area (Å²) < 4.78 is 0. The van der Waals surface area contributed by atoms with Crippen LogP contribution in [0.3, 0.4) is 0 Å². The van der Waals surface area contributed by atoms with Crippen LogP contribution < -0.4 is 10.6 Å². The van der Waals surface area contributed by atoms with Crippen molar-refractivity contribution in [2.45, 2.75) is 19.3 Å². The van der Waals surface area contributed by atoms with Gasteiger partial charge < -0.3 is 10.6 Å². The lowest BCUT2D eigenvalue weighted by Gasteiger charge is -2.17. The molecule has 15 heavy (non-hydrogen) atoms. The van der Waals surface area contributed by atoms with Crippen LogP contribution >= 0.6 is 11.6 Å². The Hall–Kier alpha value is -0.730. The monoisotopic (exact) mass is 226 g/mol. The van der Waals surface area contributed by atoms with Gasteiger partial charge in [-0.25, -0.2) is 0 Å². The van der Waals surface area contributed by atoms with Crippen molar-refractivity contribution in [2.24, 2.45) is 5.73 Å². The van der Waals surface area contributed by atoms with Gasteiger partial charge in [0.05, 0.1) is 10.7 Å². The molecule has 0 fully saturated rings. The van der Waals surface area contributed by atoms with E-state index in [1.807, 2.05) is 25.1 Å². The molecule has 0 bridgehead atoms. The molecule has 0 aliphatic carbocycles. The van der Waals surface area contributed by atoms with Crippen LogP contribution in [0.4, 0.5) is 5.69 Å². The van der Waals surface area contributed by atoms with Crippen LogP contribution in [0.15, 0.2) is 18.2 Å². The summed E-state index contributed by atoms with van der Waals surface area (Å²) in [4.78, 5) is 2.01. The molecule has 0 aliphatic rings. The van der Waals surface area contributed by atoms with Gasteiger partial charge in [0.1, 0.15) is 0 Å². The molecule has 1 atom stereocenters. The lowest BCUT2D eigenvalue weighted by Crippen LogP contribution is -2.10. The van der Waals surface area contributed by atoms with Crippen molar-refractivity contribution in [2.75, 3.05) is 25.5 Å². The fourth-order valence-electron chi connectivity index (χ4n) is 1.61. The summed E-state index contributed by atoms with van der Waals surface area (Å²) in [6, 6.07) is 6.23. The van der Waals surface area contributed by atoms with Gasteiger partial charge in [-0.2, -0.15) is 0 Å². The minimum Gasteiger partial charge on any atom is -0.376 e. The summed E-state index contributed by atoms with van der Waals surface area (Å²) in [5.74, 6) is 0.476. The van der Waals surface area contributed by atoms with Gasteiger partial charge in [-0.1, -0.05) is 24.6 Å². The van der Waals surface area contributed by atoms with Gasteiger partial charge in [-0.3, -0.25) is 0 Å². The van der Waals surface area contributed by atoms with Crippen LogP contribution in [0, 0.1) is 0 Å². The van der Waals surface area contributed by atoms with Crippen LogP contribution in [0.25, 0.3) is 0 Å². The van der Waals surface area contributed by atoms with Crippen LogP contribution in [0.2, 0.25) is 5.02 Å². The van der Waals surface area contributed by atoms with E-state index in [0.717, 1.165) is 17.1 Å². The number of rotatable bonds is 4. The van der Waals surface area contributed by atoms with Crippen molar-refractivity contribution in [3.63, 3.8) is 0 Å². The highest BCUT2D eigenvalue weighted by molar-refractivity contribution is 6.33.